The van der Waals surface area contributed by atoms with Crippen LogP contribution in [-0.4, -0.2) is 54.7 Å². The number of benzene rings is 1. The van der Waals surface area contributed by atoms with Gasteiger partial charge in [0.25, 0.3) is 10.1 Å². The van der Waals surface area contributed by atoms with Crippen LogP contribution in [0, 0.1) is 24.7 Å². The quantitative estimate of drug-likeness (QED) is 0.283. The fourth-order valence-corrected chi connectivity index (χ4v) is 4.63. The van der Waals surface area contributed by atoms with Crippen molar-refractivity contribution in [3.63, 3.8) is 0 Å². The molecule has 0 saturated heterocycles. The molecule has 1 saturated carbocycles. The number of fused-ring (bicyclic) bond motifs is 2. The largest absolute Gasteiger partial charge is 0.379 e. The van der Waals surface area contributed by atoms with Crippen LogP contribution in [0.5, 0.6) is 0 Å². The third-order valence-electron chi connectivity index (χ3n) is 5.27. The second kappa shape index (κ2) is 10.5. The molecule has 1 aromatic carbocycles. The number of hydrogen-bond acceptors (Lipinski definition) is 6. The van der Waals surface area contributed by atoms with Crippen molar-refractivity contribution in [1.82, 2.24) is 0 Å². The van der Waals surface area contributed by atoms with Gasteiger partial charge >= 0.3 is 0 Å². The van der Waals surface area contributed by atoms with Crippen LogP contribution in [0.1, 0.15) is 18.4 Å². The molecule has 0 aromatic heterocycles. The van der Waals surface area contributed by atoms with Crippen molar-refractivity contribution < 1.29 is 26.8 Å². The number of aryl methyl sites for hydroxylation is 1. The van der Waals surface area contributed by atoms with E-state index >= 15 is 0 Å². The lowest BCUT2D eigenvalue weighted by atomic mass is 9.95. The fourth-order valence-electron chi connectivity index (χ4n) is 3.74. The summed E-state index contributed by atoms with van der Waals surface area (Å²) in [5, 5.41) is 0. The van der Waals surface area contributed by atoms with E-state index in [4.69, 9.17) is 18.4 Å². The maximum atomic E-state index is 12.0. The van der Waals surface area contributed by atoms with Gasteiger partial charge in [-0.1, -0.05) is 29.8 Å². The Kier molecular flexibility index (Phi) is 8.05. The van der Waals surface area contributed by atoms with Gasteiger partial charge in [-0.2, -0.15) is 8.42 Å². The normalized spacial score (nSPS) is 23.5. The zero-order chi connectivity index (χ0) is 19.8. The first-order valence-electron chi connectivity index (χ1n) is 9.92. The topological polar surface area (TPSA) is 71.1 Å². The summed E-state index contributed by atoms with van der Waals surface area (Å²) in [7, 11) is -3.73. The van der Waals surface area contributed by atoms with E-state index in [0.29, 0.717) is 32.3 Å². The molecule has 0 amide bonds. The van der Waals surface area contributed by atoms with Crippen LogP contribution < -0.4 is 0 Å². The van der Waals surface area contributed by atoms with Crippen molar-refractivity contribution in [2.45, 2.75) is 24.7 Å². The molecule has 3 atom stereocenters. The van der Waals surface area contributed by atoms with Gasteiger partial charge in [0.15, 0.2) is 0 Å². The fraction of sp³-hybridized carbons (Fsp3) is 0.619. The van der Waals surface area contributed by atoms with E-state index in [9.17, 15) is 8.42 Å². The summed E-state index contributed by atoms with van der Waals surface area (Å²) in [5.41, 5.74) is 0.996. The van der Waals surface area contributed by atoms with Gasteiger partial charge in [-0.25, -0.2) is 0 Å². The first-order chi connectivity index (χ1) is 13.5. The summed E-state index contributed by atoms with van der Waals surface area (Å²) >= 11 is 0. The molecule has 1 aromatic rings. The SMILES string of the molecule is Cc1ccc(S(=O)(=O)OCCOCCOCCOC[C@H]2C[C@@H]3C=C[C@@H]2C3)cc1. The van der Waals surface area contributed by atoms with Gasteiger partial charge < -0.3 is 14.2 Å². The molecule has 0 radical (unpaired) electrons. The molecule has 1 fully saturated rings. The minimum absolute atomic E-state index is 0.0166. The number of ether oxygens (including phenoxy) is 3. The maximum absolute atomic E-state index is 12.0. The van der Waals surface area contributed by atoms with E-state index in [0.717, 1.165) is 24.0 Å². The average molecular weight is 411 g/mol. The van der Waals surface area contributed by atoms with Crippen LogP contribution in [0.3, 0.4) is 0 Å². The van der Waals surface area contributed by atoms with Crippen LogP contribution in [0.25, 0.3) is 0 Å². The Balaban J connectivity index is 1.14. The minimum Gasteiger partial charge on any atom is -0.379 e. The highest BCUT2D eigenvalue weighted by molar-refractivity contribution is 7.86. The summed E-state index contributed by atoms with van der Waals surface area (Å²) in [6, 6.07) is 6.55. The van der Waals surface area contributed by atoms with Crippen LogP contribution in [-0.2, 0) is 28.5 Å². The third-order valence-corrected chi connectivity index (χ3v) is 6.59. The van der Waals surface area contributed by atoms with Gasteiger partial charge in [0, 0.05) is 0 Å². The molecule has 2 bridgehead atoms. The smallest absolute Gasteiger partial charge is 0.297 e. The Morgan fingerprint density at radius 2 is 1.50 bits per heavy atom. The first kappa shape index (κ1) is 21.5. The molecule has 7 heteroatoms. The van der Waals surface area contributed by atoms with E-state index < -0.39 is 10.1 Å². The summed E-state index contributed by atoms with van der Waals surface area (Å²) in [5.74, 6) is 2.17. The van der Waals surface area contributed by atoms with Gasteiger partial charge in [-0.05, 0) is 49.7 Å². The second-order valence-electron chi connectivity index (χ2n) is 7.43. The Morgan fingerprint density at radius 3 is 2.11 bits per heavy atom. The predicted octanol–water partition coefficient (Wildman–Crippen LogP) is 2.96. The highest BCUT2D eigenvalue weighted by Crippen LogP contribution is 2.43. The molecular formula is C21H30O6S. The highest BCUT2D eigenvalue weighted by atomic mass is 32.2. The predicted molar refractivity (Wildman–Crippen MR) is 106 cm³/mol. The van der Waals surface area contributed by atoms with E-state index in [1.807, 2.05) is 6.92 Å². The number of rotatable bonds is 13. The lowest BCUT2D eigenvalue weighted by molar-refractivity contribution is 0.00177. The zero-order valence-corrected chi connectivity index (χ0v) is 17.2. The third kappa shape index (κ3) is 6.39. The van der Waals surface area contributed by atoms with Crippen LogP contribution >= 0.6 is 0 Å². The summed E-state index contributed by atoms with van der Waals surface area (Å²) in [4.78, 5) is 0.155. The van der Waals surface area contributed by atoms with E-state index in [1.165, 1.54) is 25.0 Å². The molecule has 0 heterocycles. The average Bonchev–Trinajstić information content (AvgIpc) is 3.29. The van der Waals surface area contributed by atoms with Gasteiger partial charge in [-0.15, -0.1) is 0 Å². The molecule has 0 aliphatic heterocycles. The monoisotopic (exact) mass is 410 g/mol. The summed E-state index contributed by atoms with van der Waals surface area (Å²) < 4.78 is 45.5. The highest BCUT2D eigenvalue weighted by Gasteiger charge is 2.35. The van der Waals surface area contributed by atoms with Crippen molar-refractivity contribution in [2.24, 2.45) is 17.8 Å². The molecule has 156 valence electrons. The van der Waals surface area contributed by atoms with Crippen LogP contribution in [0.15, 0.2) is 41.3 Å². The van der Waals surface area contributed by atoms with Crippen molar-refractivity contribution in [1.29, 1.82) is 0 Å². The summed E-state index contributed by atoms with van der Waals surface area (Å²) in [6.07, 6.45) is 7.24. The first-order valence-corrected chi connectivity index (χ1v) is 11.3. The zero-order valence-electron chi connectivity index (χ0n) is 16.4. The van der Waals surface area contributed by atoms with Crippen LogP contribution in [0.2, 0.25) is 0 Å². The Morgan fingerprint density at radius 1 is 0.857 bits per heavy atom. The Labute approximate surface area is 167 Å². The molecule has 3 rings (SSSR count). The molecule has 2 aliphatic carbocycles. The summed E-state index contributed by atoms with van der Waals surface area (Å²) in [6.45, 7) is 4.87. The molecular weight excluding hydrogens is 380 g/mol. The van der Waals surface area contributed by atoms with Crippen molar-refractivity contribution in [2.75, 3.05) is 46.2 Å². The molecule has 0 N–H and O–H groups in total. The lowest BCUT2D eigenvalue weighted by Gasteiger charge is -2.17. The van der Waals surface area contributed by atoms with Crippen molar-refractivity contribution in [3.05, 3.63) is 42.0 Å². The second-order valence-corrected chi connectivity index (χ2v) is 9.04. The Bertz CT molecular complexity index is 728. The van der Waals surface area contributed by atoms with E-state index in [1.54, 1.807) is 12.1 Å². The van der Waals surface area contributed by atoms with Gasteiger partial charge in [0.2, 0.25) is 0 Å². The Hall–Kier alpha value is -1.25. The van der Waals surface area contributed by atoms with Crippen molar-refractivity contribution in [3.8, 4) is 0 Å². The van der Waals surface area contributed by atoms with Gasteiger partial charge in [0.05, 0.1) is 51.1 Å². The molecule has 2 aliphatic rings. The molecule has 28 heavy (non-hydrogen) atoms. The minimum atomic E-state index is -3.73. The molecule has 6 nitrogen and oxygen atoms in total. The number of hydrogen-bond donors (Lipinski definition) is 0. The van der Waals surface area contributed by atoms with Crippen LogP contribution in [0.4, 0.5) is 0 Å². The maximum Gasteiger partial charge on any atom is 0.297 e. The lowest BCUT2D eigenvalue weighted by Crippen LogP contribution is -2.17. The van der Waals surface area contributed by atoms with Gasteiger partial charge in [-0.3, -0.25) is 4.18 Å². The van der Waals surface area contributed by atoms with E-state index in [-0.39, 0.29) is 18.1 Å². The standard InChI is InChI=1S/C21H30O6S/c1-17-2-6-21(7-3-17)28(22,23)27-13-12-25-9-8-24-10-11-26-16-20-15-18-4-5-19(20)14-18/h2-7,18-20H,8-16H2,1H3/t18-,19-,20-/m1/s1. The molecule has 0 spiro atoms. The van der Waals surface area contributed by atoms with E-state index in [2.05, 4.69) is 12.2 Å². The molecule has 0 unspecified atom stereocenters. The van der Waals surface area contributed by atoms with Gasteiger partial charge in [0.1, 0.15) is 0 Å². The van der Waals surface area contributed by atoms with Crippen molar-refractivity contribution >= 4 is 10.1 Å². The number of allylic oxidation sites excluding steroid dienone is 2.